The minimum absolute atomic E-state index is 0.000947. The van der Waals surface area contributed by atoms with Crippen LogP contribution in [-0.2, 0) is 16.1 Å². The molecule has 2 aliphatic rings. The molecule has 3 rings (SSSR count). The van der Waals surface area contributed by atoms with Crippen molar-refractivity contribution >= 4 is 11.8 Å². The summed E-state index contributed by atoms with van der Waals surface area (Å²) >= 11 is 0. The van der Waals surface area contributed by atoms with Gasteiger partial charge in [-0.2, -0.15) is 0 Å². The van der Waals surface area contributed by atoms with Crippen LogP contribution in [-0.4, -0.2) is 52.5 Å². The molecule has 0 spiro atoms. The van der Waals surface area contributed by atoms with E-state index in [1.54, 1.807) is 29.1 Å². The summed E-state index contributed by atoms with van der Waals surface area (Å²) in [6.45, 7) is 3.92. The summed E-state index contributed by atoms with van der Waals surface area (Å²) in [5.41, 5.74) is 0. The first-order valence-corrected chi connectivity index (χ1v) is 7.81. The summed E-state index contributed by atoms with van der Waals surface area (Å²) in [6, 6.07) is 3.62. The van der Waals surface area contributed by atoms with E-state index in [1.807, 2.05) is 6.07 Å². The third kappa shape index (κ3) is 3.02. The van der Waals surface area contributed by atoms with Crippen molar-refractivity contribution in [2.45, 2.75) is 32.4 Å². The van der Waals surface area contributed by atoms with E-state index in [0.717, 1.165) is 12.2 Å². The lowest BCUT2D eigenvalue weighted by molar-refractivity contribution is -0.135. The monoisotopic (exact) mass is 306 g/mol. The molecular formula is C16H22N2O4. The molecule has 1 aromatic rings. The molecule has 1 aromatic heterocycles. The van der Waals surface area contributed by atoms with E-state index in [-0.39, 0.29) is 30.1 Å². The molecule has 1 N–H and O–H groups in total. The Hall–Kier alpha value is -1.82. The molecule has 0 aliphatic carbocycles. The Morgan fingerprint density at radius 2 is 2.32 bits per heavy atom. The number of aliphatic hydroxyl groups excluding tert-OH is 1. The van der Waals surface area contributed by atoms with E-state index < -0.39 is 6.10 Å². The Balaban J connectivity index is 1.57. The van der Waals surface area contributed by atoms with Gasteiger partial charge in [-0.05, 0) is 25.5 Å². The molecule has 2 fully saturated rings. The summed E-state index contributed by atoms with van der Waals surface area (Å²) in [5, 5.41) is 9.63. The molecule has 120 valence electrons. The maximum Gasteiger partial charge on any atom is 0.228 e. The molecule has 3 unspecified atom stereocenters. The molecule has 3 heterocycles. The van der Waals surface area contributed by atoms with Crippen LogP contribution in [0.15, 0.2) is 22.8 Å². The van der Waals surface area contributed by atoms with Gasteiger partial charge in [-0.25, -0.2) is 0 Å². The van der Waals surface area contributed by atoms with Gasteiger partial charge >= 0.3 is 0 Å². The number of carbonyl (C=O) groups excluding carboxylic acids is 2. The fraction of sp³-hybridized carbons (Fsp3) is 0.625. The first kappa shape index (κ1) is 15.1. The van der Waals surface area contributed by atoms with Crippen molar-refractivity contribution in [3.63, 3.8) is 0 Å². The van der Waals surface area contributed by atoms with E-state index in [0.29, 0.717) is 26.2 Å². The first-order valence-electron chi connectivity index (χ1n) is 7.81. The first-order chi connectivity index (χ1) is 10.5. The molecule has 0 saturated carbocycles. The molecule has 0 bridgehead atoms. The number of hydrogen-bond donors (Lipinski definition) is 1. The van der Waals surface area contributed by atoms with Crippen LogP contribution in [0, 0.1) is 11.8 Å². The average molecular weight is 306 g/mol. The second-order valence-corrected chi connectivity index (χ2v) is 6.33. The van der Waals surface area contributed by atoms with E-state index in [9.17, 15) is 14.7 Å². The second-order valence-electron chi connectivity index (χ2n) is 6.33. The number of furan rings is 1. The number of likely N-dealkylation sites (tertiary alicyclic amines) is 2. The van der Waals surface area contributed by atoms with Crippen molar-refractivity contribution in [2.75, 3.05) is 19.6 Å². The molecule has 22 heavy (non-hydrogen) atoms. The summed E-state index contributed by atoms with van der Waals surface area (Å²) in [7, 11) is 0. The fourth-order valence-corrected chi connectivity index (χ4v) is 3.32. The van der Waals surface area contributed by atoms with Gasteiger partial charge in [0.25, 0.3) is 0 Å². The Labute approximate surface area is 129 Å². The van der Waals surface area contributed by atoms with Crippen LogP contribution in [0.5, 0.6) is 0 Å². The van der Waals surface area contributed by atoms with Gasteiger partial charge in [-0.1, -0.05) is 0 Å². The highest BCUT2D eigenvalue weighted by molar-refractivity contribution is 5.89. The fourth-order valence-electron chi connectivity index (χ4n) is 3.32. The van der Waals surface area contributed by atoms with Gasteiger partial charge in [0.05, 0.1) is 24.8 Å². The maximum atomic E-state index is 12.6. The number of nitrogens with zero attached hydrogens (tertiary/aromatic N) is 2. The smallest absolute Gasteiger partial charge is 0.228 e. The predicted octanol–water partition coefficient (Wildman–Crippen LogP) is 0.857. The van der Waals surface area contributed by atoms with Crippen molar-refractivity contribution in [1.82, 2.24) is 9.80 Å². The summed E-state index contributed by atoms with van der Waals surface area (Å²) in [6.07, 6.45) is 2.30. The summed E-state index contributed by atoms with van der Waals surface area (Å²) < 4.78 is 5.26. The van der Waals surface area contributed by atoms with Crippen molar-refractivity contribution in [2.24, 2.45) is 11.8 Å². The van der Waals surface area contributed by atoms with Gasteiger partial charge in [0, 0.05) is 32.0 Å². The van der Waals surface area contributed by atoms with Gasteiger partial charge in [-0.15, -0.1) is 0 Å². The van der Waals surface area contributed by atoms with Crippen LogP contribution >= 0.6 is 0 Å². The van der Waals surface area contributed by atoms with E-state index in [4.69, 9.17) is 4.42 Å². The molecule has 6 heteroatoms. The van der Waals surface area contributed by atoms with Crippen molar-refractivity contribution in [3.05, 3.63) is 24.2 Å². The number of carbonyl (C=O) groups is 2. The lowest BCUT2D eigenvalue weighted by Gasteiger charge is -2.21. The molecule has 2 amide bonds. The molecular weight excluding hydrogens is 284 g/mol. The third-order valence-corrected chi connectivity index (χ3v) is 4.71. The van der Waals surface area contributed by atoms with Crippen LogP contribution in [0.4, 0.5) is 0 Å². The highest BCUT2D eigenvalue weighted by Crippen LogP contribution is 2.26. The quantitative estimate of drug-likeness (QED) is 0.895. The molecule has 2 aliphatic heterocycles. The van der Waals surface area contributed by atoms with Gasteiger partial charge in [-0.3, -0.25) is 9.59 Å². The normalized spacial score (nSPS) is 26.7. The van der Waals surface area contributed by atoms with Crippen LogP contribution in [0.1, 0.15) is 25.5 Å². The number of hydrogen-bond acceptors (Lipinski definition) is 4. The topological polar surface area (TPSA) is 74.0 Å². The summed E-state index contributed by atoms with van der Waals surface area (Å²) in [4.78, 5) is 28.1. The van der Waals surface area contributed by atoms with Crippen LogP contribution in [0.25, 0.3) is 0 Å². The second kappa shape index (κ2) is 6.12. The van der Waals surface area contributed by atoms with Gasteiger partial charge in [0.2, 0.25) is 11.8 Å². The summed E-state index contributed by atoms with van der Waals surface area (Å²) in [5.74, 6) is 0.659. The Kier molecular flexibility index (Phi) is 4.20. The highest BCUT2D eigenvalue weighted by Gasteiger charge is 2.39. The largest absolute Gasteiger partial charge is 0.467 e. The van der Waals surface area contributed by atoms with Crippen molar-refractivity contribution in [1.29, 1.82) is 0 Å². The lowest BCUT2D eigenvalue weighted by atomic mass is 10.0. The predicted molar refractivity (Wildman–Crippen MR) is 78.6 cm³/mol. The van der Waals surface area contributed by atoms with Crippen molar-refractivity contribution in [3.8, 4) is 0 Å². The molecule has 0 radical (unpaired) electrons. The van der Waals surface area contributed by atoms with E-state index in [2.05, 4.69) is 0 Å². The zero-order valence-corrected chi connectivity index (χ0v) is 12.8. The van der Waals surface area contributed by atoms with Crippen LogP contribution < -0.4 is 0 Å². The van der Waals surface area contributed by atoms with Crippen LogP contribution in [0.3, 0.4) is 0 Å². The SMILES string of the molecule is CC(O)C1CCN(C(=O)C2CC(=O)N(Cc3ccco3)C2)C1. The molecule has 3 atom stereocenters. The van der Waals surface area contributed by atoms with Crippen LogP contribution in [0.2, 0.25) is 0 Å². The lowest BCUT2D eigenvalue weighted by Crippen LogP contribution is -2.36. The maximum absolute atomic E-state index is 12.6. The average Bonchev–Trinajstić information content (AvgIpc) is 3.20. The minimum Gasteiger partial charge on any atom is -0.467 e. The zero-order chi connectivity index (χ0) is 15.7. The zero-order valence-electron chi connectivity index (χ0n) is 12.8. The molecule has 0 aromatic carbocycles. The number of aliphatic hydroxyl groups is 1. The Morgan fingerprint density at radius 1 is 1.50 bits per heavy atom. The molecule has 2 saturated heterocycles. The van der Waals surface area contributed by atoms with E-state index in [1.165, 1.54) is 0 Å². The van der Waals surface area contributed by atoms with Gasteiger partial charge in [0.15, 0.2) is 0 Å². The Morgan fingerprint density at radius 3 is 2.95 bits per heavy atom. The third-order valence-electron chi connectivity index (χ3n) is 4.71. The van der Waals surface area contributed by atoms with Crippen molar-refractivity contribution < 1.29 is 19.1 Å². The van der Waals surface area contributed by atoms with Gasteiger partial charge in [0.1, 0.15) is 5.76 Å². The number of amides is 2. The molecule has 6 nitrogen and oxygen atoms in total. The standard InChI is InChI=1S/C16H22N2O4/c1-11(19)12-4-5-17(8-12)16(21)13-7-15(20)18(9-13)10-14-3-2-6-22-14/h2-3,6,11-13,19H,4-5,7-10H2,1H3. The van der Waals surface area contributed by atoms with E-state index >= 15 is 0 Å². The highest BCUT2D eigenvalue weighted by atomic mass is 16.3. The Bertz CT molecular complexity index is 540. The minimum atomic E-state index is -0.390. The van der Waals surface area contributed by atoms with Gasteiger partial charge < -0.3 is 19.3 Å². The number of rotatable bonds is 4.